The predicted octanol–water partition coefficient (Wildman–Crippen LogP) is 3.05. The molecule has 5 nitrogen and oxygen atoms in total. The van der Waals surface area contributed by atoms with E-state index in [1.165, 1.54) is 6.07 Å². The molecule has 1 aromatic heterocycles. The van der Waals surface area contributed by atoms with Gasteiger partial charge in [0.2, 0.25) is 5.01 Å². The van der Waals surface area contributed by atoms with Crippen molar-refractivity contribution >= 4 is 23.0 Å². The summed E-state index contributed by atoms with van der Waals surface area (Å²) in [7, 11) is 0. The van der Waals surface area contributed by atoms with E-state index in [9.17, 15) is 13.6 Å². The van der Waals surface area contributed by atoms with Crippen LogP contribution >= 0.6 is 11.3 Å². The maximum absolute atomic E-state index is 12.2. The molecule has 2 N–H and O–H groups in total. The number of carboxylic acid groups (broad SMARTS) is 1. The molecule has 0 aliphatic carbocycles. The molecule has 1 heterocycles. The van der Waals surface area contributed by atoms with Crippen LogP contribution in [0.15, 0.2) is 29.6 Å². The molecule has 2 aromatic rings. The highest BCUT2D eigenvalue weighted by atomic mass is 32.1. The monoisotopic (exact) mass is 300 g/mol. The Hall–Kier alpha value is -2.22. The van der Waals surface area contributed by atoms with Gasteiger partial charge in [0.15, 0.2) is 0 Å². The Morgan fingerprint density at radius 3 is 2.85 bits per heavy atom. The number of hydrogen-bond acceptors (Lipinski definition) is 5. The topological polar surface area (TPSA) is 71.5 Å². The molecule has 20 heavy (non-hydrogen) atoms. The van der Waals surface area contributed by atoms with Crippen molar-refractivity contribution in [1.29, 1.82) is 0 Å². The zero-order valence-corrected chi connectivity index (χ0v) is 10.9. The van der Waals surface area contributed by atoms with Crippen LogP contribution < -0.4 is 10.1 Å². The molecule has 0 unspecified atom stereocenters. The van der Waals surface area contributed by atoms with E-state index in [0.29, 0.717) is 11.4 Å². The summed E-state index contributed by atoms with van der Waals surface area (Å²) < 4.78 is 28.8. The highest BCUT2D eigenvalue weighted by Gasteiger charge is 2.11. The molecule has 0 amide bonds. The maximum Gasteiger partial charge on any atom is 0.387 e. The molecule has 106 valence electrons. The van der Waals surface area contributed by atoms with Gasteiger partial charge in [-0.25, -0.2) is 9.78 Å². The Kier molecular flexibility index (Phi) is 4.46. The van der Waals surface area contributed by atoms with Crippen LogP contribution in [0.25, 0.3) is 0 Å². The first-order chi connectivity index (χ1) is 9.56. The first-order valence-electron chi connectivity index (χ1n) is 5.51. The molecule has 0 aliphatic heterocycles. The second-order valence-corrected chi connectivity index (χ2v) is 4.54. The number of aromatic carboxylic acids is 1. The summed E-state index contributed by atoms with van der Waals surface area (Å²) >= 11 is 1.01. The summed E-state index contributed by atoms with van der Waals surface area (Å²) in [4.78, 5) is 14.6. The third-order valence-electron chi connectivity index (χ3n) is 2.30. The second kappa shape index (κ2) is 6.29. The van der Waals surface area contributed by atoms with Crippen molar-refractivity contribution in [2.75, 3.05) is 5.32 Å². The van der Waals surface area contributed by atoms with E-state index >= 15 is 0 Å². The Balaban J connectivity index is 2.04. The van der Waals surface area contributed by atoms with Gasteiger partial charge in [-0.1, -0.05) is 12.1 Å². The van der Waals surface area contributed by atoms with Gasteiger partial charge < -0.3 is 15.2 Å². The van der Waals surface area contributed by atoms with Gasteiger partial charge in [0.1, 0.15) is 5.75 Å². The highest BCUT2D eigenvalue weighted by Crippen LogP contribution is 2.26. The van der Waals surface area contributed by atoms with Crippen LogP contribution in [0.1, 0.15) is 15.5 Å². The number of nitrogens with one attached hydrogen (secondary N) is 1. The molecule has 2 rings (SSSR count). The van der Waals surface area contributed by atoms with E-state index in [2.05, 4.69) is 15.0 Å². The summed E-state index contributed by atoms with van der Waals surface area (Å²) in [6.07, 6.45) is 0. The number of halogens is 2. The number of thiazole rings is 1. The van der Waals surface area contributed by atoms with Crippen LogP contribution in [0, 0.1) is 0 Å². The number of carboxylic acids is 1. The third-order valence-corrected chi connectivity index (χ3v) is 3.18. The molecule has 0 spiro atoms. The number of nitrogens with zero attached hydrogens (tertiary/aromatic N) is 1. The maximum atomic E-state index is 12.2. The molecule has 0 atom stereocenters. The summed E-state index contributed by atoms with van der Waals surface area (Å²) in [5.41, 5.74) is 0.900. The first kappa shape index (κ1) is 14.2. The Bertz CT molecular complexity index is 604. The molecule has 0 saturated heterocycles. The van der Waals surface area contributed by atoms with Gasteiger partial charge in [-0.3, -0.25) is 0 Å². The number of benzene rings is 1. The molecule has 1 aromatic carbocycles. The minimum Gasteiger partial charge on any atom is -0.476 e. The van der Waals surface area contributed by atoms with E-state index in [1.807, 2.05) is 0 Å². The number of rotatable bonds is 6. The lowest BCUT2D eigenvalue weighted by atomic mass is 10.3. The molecule has 0 radical (unpaired) electrons. The quantitative estimate of drug-likeness (QED) is 0.858. The van der Waals surface area contributed by atoms with Crippen LogP contribution in [-0.2, 0) is 6.54 Å². The van der Waals surface area contributed by atoms with Gasteiger partial charge in [-0.05, 0) is 12.1 Å². The van der Waals surface area contributed by atoms with Crippen molar-refractivity contribution in [2.45, 2.75) is 13.2 Å². The number of alkyl halides is 2. The van der Waals surface area contributed by atoms with Gasteiger partial charge in [0.25, 0.3) is 0 Å². The molecule has 0 bridgehead atoms. The van der Waals surface area contributed by atoms with Gasteiger partial charge in [0.05, 0.1) is 17.9 Å². The average Bonchev–Trinajstić information content (AvgIpc) is 2.86. The number of hydrogen-bond donors (Lipinski definition) is 2. The van der Waals surface area contributed by atoms with E-state index in [-0.39, 0.29) is 17.3 Å². The van der Waals surface area contributed by atoms with Crippen LogP contribution in [-0.4, -0.2) is 22.7 Å². The minimum absolute atomic E-state index is 0.0149. The van der Waals surface area contributed by atoms with Gasteiger partial charge >= 0.3 is 12.6 Å². The average molecular weight is 300 g/mol. The van der Waals surface area contributed by atoms with Crippen molar-refractivity contribution in [3.8, 4) is 5.75 Å². The van der Waals surface area contributed by atoms with Crippen LogP contribution in [0.5, 0.6) is 5.75 Å². The SMILES string of the molecule is O=C(O)c1nc(CNc2ccccc2OC(F)F)cs1. The summed E-state index contributed by atoms with van der Waals surface area (Å²) in [6, 6.07) is 6.25. The number of carbonyl (C=O) groups is 1. The summed E-state index contributed by atoms with van der Waals surface area (Å²) in [5, 5.41) is 13.2. The van der Waals surface area contributed by atoms with Crippen molar-refractivity contribution in [3.05, 3.63) is 40.3 Å². The van der Waals surface area contributed by atoms with Crippen molar-refractivity contribution in [2.24, 2.45) is 0 Å². The summed E-state index contributed by atoms with van der Waals surface area (Å²) in [6.45, 7) is -2.69. The number of anilines is 1. The van der Waals surface area contributed by atoms with Crippen LogP contribution in [0.2, 0.25) is 0 Å². The highest BCUT2D eigenvalue weighted by molar-refractivity contribution is 7.11. The molecule has 8 heteroatoms. The molecule has 0 aliphatic rings. The lowest BCUT2D eigenvalue weighted by molar-refractivity contribution is -0.0493. The number of ether oxygens (including phenoxy) is 1. The zero-order chi connectivity index (χ0) is 14.5. The van der Waals surface area contributed by atoms with Crippen molar-refractivity contribution < 1.29 is 23.4 Å². The number of para-hydroxylation sites is 2. The Morgan fingerprint density at radius 1 is 1.45 bits per heavy atom. The van der Waals surface area contributed by atoms with E-state index in [4.69, 9.17) is 5.11 Å². The number of aromatic nitrogens is 1. The summed E-state index contributed by atoms with van der Waals surface area (Å²) in [5.74, 6) is -1.07. The fourth-order valence-corrected chi connectivity index (χ4v) is 2.14. The van der Waals surface area contributed by atoms with Gasteiger partial charge in [-0.2, -0.15) is 8.78 Å². The molecule has 0 fully saturated rings. The largest absolute Gasteiger partial charge is 0.476 e. The Morgan fingerprint density at radius 2 is 2.20 bits per heavy atom. The van der Waals surface area contributed by atoms with Crippen LogP contribution in [0.3, 0.4) is 0 Å². The third kappa shape index (κ3) is 3.64. The zero-order valence-electron chi connectivity index (χ0n) is 10.0. The fraction of sp³-hybridized carbons (Fsp3) is 0.167. The van der Waals surface area contributed by atoms with Crippen LogP contribution in [0.4, 0.5) is 14.5 Å². The van der Waals surface area contributed by atoms with Crippen molar-refractivity contribution in [3.63, 3.8) is 0 Å². The van der Waals surface area contributed by atoms with E-state index in [1.54, 1.807) is 23.6 Å². The van der Waals surface area contributed by atoms with E-state index < -0.39 is 12.6 Å². The smallest absolute Gasteiger partial charge is 0.387 e. The molecule has 0 saturated carbocycles. The van der Waals surface area contributed by atoms with Gasteiger partial charge in [-0.15, -0.1) is 11.3 Å². The normalized spacial score (nSPS) is 10.6. The molecular weight excluding hydrogens is 290 g/mol. The lowest BCUT2D eigenvalue weighted by Gasteiger charge is -2.11. The second-order valence-electron chi connectivity index (χ2n) is 3.68. The molecular formula is C12H10F2N2O3S. The lowest BCUT2D eigenvalue weighted by Crippen LogP contribution is -2.07. The minimum atomic E-state index is -2.91. The standard InChI is InChI=1S/C12H10F2N2O3S/c13-12(14)19-9-4-2-1-3-8(9)15-5-7-6-20-10(16-7)11(17)18/h1-4,6,12,15H,5H2,(H,17,18). The fourth-order valence-electron chi connectivity index (χ4n) is 1.48. The van der Waals surface area contributed by atoms with Gasteiger partial charge in [0, 0.05) is 5.38 Å². The van der Waals surface area contributed by atoms with E-state index in [0.717, 1.165) is 11.3 Å². The van der Waals surface area contributed by atoms with Crippen molar-refractivity contribution in [1.82, 2.24) is 4.98 Å². The Labute approximate surface area is 116 Å². The predicted molar refractivity (Wildman–Crippen MR) is 69.5 cm³/mol. The first-order valence-corrected chi connectivity index (χ1v) is 6.39.